The second kappa shape index (κ2) is 10.8. The van der Waals surface area contributed by atoms with E-state index in [4.69, 9.17) is 9.47 Å². The molecule has 3 rings (SSSR count). The molecule has 1 N–H and O–H groups in total. The maximum Gasteiger partial charge on any atom is 0.312 e. The number of carbonyl (C=O) groups is 3. The van der Waals surface area contributed by atoms with E-state index >= 15 is 0 Å². The Bertz CT molecular complexity index is 713. The predicted octanol–water partition coefficient (Wildman–Crippen LogP) is 1.90. The zero-order chi connectivity index (χ0) is 23.3. The number of fused-ring (bicyclic) bond motifs is 1. The molecule has 0 unspecified atom stereocenters. The second-order valence-corrected chi connectivity index (χ2v) is 9.05. The number of carbonyl (C=O) groups excluding carboxylic acids is 3. The molecule has 32 heavy (non-hydrogen) atoms. The topological polar surface area (TPSA) is 96.4 Å². The molecule has 5 atom stereocenters. The van der Waals surface area contributed by atoms with Gasteiger partial charge in [0.25, 0.3) is 0 Å². The van der Waals surface area contributed by atoms with E-state index in [9.17, 15) is 19.5 Å². The van der Waals surface area contributed by atoms with Gasteiger partial charge in [0.2, 0.25) is 11.8 Å². The van der Waals surface area contributed by atoms with Crippen LogP contribution in [0.2, 0.25) is 0 Å². The number of rotatable bonds is 13. The van der Waals surface area contributed by atoms with Gasteiger partial charge in [-0.1, -0.05) is 25.8 Å². The van der Waals surface area contributed by atoms with Gasteiger partial charge in [-0.3, -0.25) is 14.4 Å². The van der Waals surface area contributed by atoms with Crippen LogP contribution in [0.3, 0.4) is 0 Å². The monoisotopic (exact) mass is 450 g/mol. The molecule has 0 radical (unpaired) electrons. The molecule has 3 aliphatic heterocycles. The molecule has 180 valence electrons. The highest BCUT2D eigenvalue weighted by Crippen LogP contribution is 2.58. The third-order valence-corrected chi connectivity index (χ3v) is 7.09. The first-order valence-electron chi connectivity index (χ1n) is 12.1. The highest BCUT2D eigenvalue weighted by Gasteiger charge is 2.74. The number of aliphatic hydroxyl groups excluding tert-OH is 1. The van der Waals surface area contributed by atoms with Crippen LogP contribution in [-0.2, 0) is 23.9 Å². The highest BCUT2D eigenvalue weighted by molar-refractivity contribution is 5.98. The molecule has 3 aliphatic rings. The smallest absolute Gasteiger partial charge is 0.312 e. The molecule has 3 saturated heterocycles. The molecule has 0 saturated carbocycles. The fourth-order valence-electron chi connectivity index (χ4n) is 5.75. The molecule has 0 aromatic carbocycles. The summed E-state index contributed by atoms with van der Waals surface area (Å²) in [4.78, 5) is 43.7. The maximum atomic E-state index is 13.9. The number of esters is 1. The van der Waals surface area contributed by atoms with E-state index in [1.165, 1.54) is 0 Å². The molecule has 2 amide bonds. The largest absolute Gasteiger partial charge is 0.466 e. The average Bonchev–Trinajstić information content (AvgIpc) is 3.41. The van der Waals surface area contributed by atoms with Gasteiger partial charge in [0.05, 0.1) is 24.5 Å². The minimum absolute atomic E-state index is 0.0266. The summed E-state index contributed by atoms with van der Waals surface area (Å²) in [5.41, 5.74) is -0.986. The van der Waals surface area contributed by atoms with Gasteiger partial charge < -0.3 is 24.4 Å². The lowest BCUT2D eigenvalue weighted by Gasteiger charge is -2.36. The molecule has 0 aromatic heterocycles. The van der Waals surface area contributed by atoms with Crippen molar-refractivity contribution in [3.63, 3.8) is 0 Å². The van der Waals surface area contributed by atoms with Crippen molar-refractivity contribution in [3.8, 4) is 0 Å². The lowest BCUT2D eigenvalue weighted by Crippen LogP contribution is -2.56. The van der Waals surface area contributed by atoms with Crippen LogP contribution in [0.25, 0.3) is 0 Å². The SMILES string of the molecule is C=CCN(CCCCC)C(=O)[C@H]1N(CCCCO)C(=O)[C@@H]2[C@@H](C(=O)OCC)[C@H]3CC[C@]21O3. The first-order chi connectivity index (χ1) is 15.5. The van der Waals surface area contributed by atoms with Crippen molar-refractivity contribution in [1.82, 2.24) is 9.80 Å². The van der Waals surface area contributed by atoms with Crippen molar-refractivity contribution >= 4 is 17.8 Å². The van der Waals surface area contributed by atoms with Crippen molar-refractivity contribution in [2.75, 3.05) is 32.8 Å². The molecule has 0 aliphatic carbocycles. The van der Waals surface area contributed by atoms with Gasteiger partial charge in [0, 0.05) is 26.2 Å². The number of amides is 2. The van der Waals surface area contributed by atoms with Gasteiger partial charge in [-0.15, -0.1) is 6.58 Å². The molecule has 3 heterocycles. The second-order valence-electron chi connectivity index (χ2n) is 9.05. The third kappa shape index (κ3) is 4.31. The lowest BCUT2D eigenvalue weighted by molar-refractivity contribution is -0.155. The van der Waals surface area contributed by atoms with Crippen molar-refractivity contribution < 1.29 is 29.0 Å². The van der Waals surface area contributed by atoms with E-state index in [1.54, 1.807) is 22.8 Å². The van der Waals surface area contributed by atoms with Crippen LogP contribution in [0.1, 0.15) is 58.8 Å². The summed E-state index contributed by atoms with van der Waals surface area (Å²) in [7, 11) is 0. The van der Waals surface area contributed by atoms with Crippen LogP contribution in [-0.4, -0.2) is 83.3 Å². The van der Waals surface area contributed by atoms with E-state index < -0.39 is 29.4 Å². The summed E-state index contributed by atoms with van der Waals surface area (Å²) in [5.74, 6) is -2.10. The maximum absolute atomic E-state index is 13.9. The van der Waals surface area contributed by atoms with Crippen LogP contribution in [0.15, 0.2) is 12.7 Å². The number of aliphatic hydroxyl groups is 1. The minimum atomic E-state index is -0.986. The molecular weight excluding hydrogens is 412 g/mol. The molecule has 8 nitrogen and oxygen atoms in total. The Labute approximate surface area is 190 Å². The Morgan fingerprint density at radius 3 is 2.75 bits per heavy atom. The molecule has 8 heteroatoms. The third-order valence-electron chi connectivity index (χ3n) is 7.09. The number of hydrogen-bond donors (Lipinski definition) is 1. The summed E-state index contributed by atoms with van der Waals surface area (Å²) in [6.07, 6.45) is 6.61. The van der Waals surface area contributed by atoms with Crippen LogP contribution in [0.4, 0.5) is 0 Å². The van der Waals surface area contributed by atoms with Crippen LogP contribution < -0.4 is 0 Å². The molecule has 1 spiro atoms. The average molecular weight is 451 g/mol. The number of ether oxygens (including phenoxy) is 2. The van der Waals surface area contributed by atoms with Crippen molar-refractivity contribution in [1.29, 1.82) is 0 Å². The minimum Gasteiger partial charge on any atom is -0.466 e. The van der Waals surface area contributed by atoms with Crippen molar-refractivity contribution in [3.05, 3.63) is 12.7 Å². The van der Waals surface area contributed by atoms with E-state index in [1.807, 2.05) is 0 Å². The van der Waals surface area contributed by atoms with Gasteiger partial charge in [0.1, 0.15) is 11.6 Å². The normalized spacial score (nSPS) is 30.5. The van der Waals surface area contributed by atoms with E-state index in [2.05, 4.69) is 13.5 Å². The van der Waals surface area contributed by atoms with Crippen molar-refractivity contribution in [2.24, 2.45) is 11.8 Å². The summed E-state index contributed by atoms with van der Waals surface area (Å²) in [6, 6.07) is -0.760. The first kappa shape index (κ1) is 24.7. The summed E-state index contributed by atoms with van der Waals surface area (Å²) in [5, 5.41) is 9.22. The first-order valence-corrected chi connectivity index (χ1v) is 12.1. The summed E-state index contributed by atoms with van der Waals surface area (Å²) < 4.78 is 11.7. The molecular formula is C24H38N2O6. The Kier molecular flexibility index (Phi) is 8.33. The fraction of sp³-hybridized carbons (Fsp3) is 0.792. The lowest BCUT2D eigenvalue weighted by atomic mass is 9.70. The molecule has 0 aromatic rings. The van der Waals surface area contributed by atoms with Gasteiger partial charge >= 0.3 is 5.97 Å². The van der Waals surface area contributed by atoms with E-state index in [0.717, 1.165) is 19.3 Å². The van der Waals surface area contributed by atoms with Crippen LogP contribution in [0, 0.1) is 11.8 Å². The zero-order valence-corrected chi connectivity index (χ0v) is 19.5. The number of likely N-dealkylation sites (tertiary alicyclic amines) is 1. The molecule has 2 bridgehead atoms. The van der Waals surface area contributed by atoms with Gasteiger partial charge in [-0.25, -0.2) is 0 Å². The van der Waals surface area contributed by atoms with E-state index in [0.29, 0.717) is 45.3 Å². The summed E-state index contributed by atoms with van der Waals surface area (Å²) >= 11 is 0. The Morgan fingerprint density at radius 1 is 1.31 bits per heavy atom. The van der Waals surface area contributed by atoms with E-state index in [-0.39, 0.29) is 31.1 Å². The zero-order valence-electron chi connectivity index (χ0n) is 19.5. The number of unbranched alkanes of at least 4 members (excludes halogenated alkanes) is 3. The Morgan fingerprint density at radius 2 is 2.09 bits per heavy atom. The molecule has 3 fully saturated rings. The van der Waals surface area contributed by atoms with Crippen molar-refractivity contribution in [2.45, 2.75) is 76.5 Å². The number of nitrogens with zero attached hydrogens (tertiary/aromatic N) is 2. The summed E-state index contributed by atoms with van der Waals surface area (Å²) in [6.45, 7) is 9.29. The van der Waals surface area contributed by atoms with Crippen LogP contribution >= 0.6 is 0 Å². The van der Waals surface area contributed by atoms with Gasteiger partial charge in [-0.2, -0.15) is 0 Å². The number of hydrogen-bond acceptors (Lipinski definition) is 6. The van der Waals surface area contributed by atoms with Crippen LogP contribution in [0.5, 0.6) is 0 Å². The van der Waals surface area contributed by atoms with Gasteiger partial charge in [-0.05, 0) is 39.0 Å². The highest BCUT2D eigenvalue weighted by atomic mass is 16.6. The predicted molar refractivity (Wildman–Crippen MR) is 119 cm³/mol. The Balaban J connectivity index is 1.93. The van der Waals surface area contributed by atoms with Gasteiger partial charge in [0.15, 0.2) is 0 Å². The Hall–Kier alpha value is -1.93. The standard InChI is InChI=1S/C24H38N2O6/c1-4-7-8-14-25(13-5-2)22(29)20-24-12-11-17(32-24)18(23(30)31-6-3)19(24)21(28)26(20)15-9-10-16-27/h5,17-20,27H,2,4,6-16H2,1,3H3/t17-,18+,19+,20-,24+/m1/s1. The quantitative estimate of drug-likeness (QED) is 0.262. The fourth-order valence-corrected chi connectivity index (χ4v) is 5.75.